The van der Waals surface area contributed by atoms with E-state index in [0.717, 1.165) is 5.76 Å². The predicted octanol–water partition coefficient (Wildman–Crippen LogP) is 13.2. The van der Waals surface area contributed by atoms with Gasteiger partial charge in [0.15, 0.2) is 0 Å². The van der Waals surface area contributed by atoms with E-state index in [1.165, 1.54) is 54.5 Å². The molecule has 0 fully saturated rings. The average Bonchev–Trinajstić information content (AvgIpc) is 3.94. The Balaban J connectivity index is 0.000000160. The zero-order valence-electron chi connectivity index (χ0n) is 28.9. The van der Waals surface area contributed by atoms with Crippen LogP contribution < -0.4 is 0 Å². The molecule has 0 amide bonds. The maximum Gasteiger partial charge on any atom is 0.100 e. The Bertz CT molecular complexity index is 1740. The zero-order valence-corrected chi connectivity index (χ0v) is 30.5. The van der Waals surface area contributed by atoms with Gasteiger partial charge in [0.25, 0.3) is 0 Å². The summed E-state index contributed by atoms with van der Waals surface area (Å²) in [5, 5.41) is 8.96. The summed E-state index contributed by atoms with van der Waals surface area (Å²) in [6, 6.07) is 35.4. The largest absolute Gasteiger partial charge is 0.472 e. The SMILES string of the molecule is Cc1cccc(C)c1C.Cc1ccco1.Cc1cccs1.Cc1ccoc1.Cc1ccsc1.Cn1c2ccccc2c2ccccc21. The first-order valence-electron chi connectivity index (χ1n) is 15.6. The Hall–Kier alpha value is -4.58. The van der Waals surface area contributed by atoms with Crippen molar-refractivity contribution in [1.29, 1.82) is 0 Å². The summed E-state index contributed by atoms with van der Waals surface area (Å²) in [5.74, 6) is 0.968. The molecular weight excluding hydrogens is 615 g/mol. The predicted molar refractivity (Wildman–Crippen MR) is 206 cm³/mol. The maximum absolute atomic E-state index is 4.83. The van der Waals surface area contributed by atoms with Gasteiger partial charge in [0.05, 0.1) is 18.8 Å². The van der Waals surface area contributed by atoms with Crippen LogP contribution in [0.4, 0.5) is 0 Å². The Kier molecular flexibility index (Phi) is 15.6. The number of nitrogens with zero attached hydrogens (tertiary/aromatic N) is 1. The van der Waals surface area contributed by atoms with Crippen molar-refractivity contribution in [3.05, 3.63) is 177 Å². The highest BCUT2D eigenvalue weighted by atomic mass is 32.1. The standard InChI is InChI=1S/C13H11N.C9H12.2C5H6O.2C5H6S/c1-14-12-8-4-2-6-10(12)11-7-3-5-9-13(11)14;1-7-5-4-6-8(2)9(7)3;1-5-2-3-6-4-5;1-5-3-2-4-6-5;1-5-2-3-6-4-5;1-5-3-2-4-6-5/h2-9H,1H3;4-6H,1-3H3;4*2-4H,1H3. The van der Waals surface area contributed by atoms with Crippen LogP contribution in [0.2, 0.25) is 0 Å². The monoisotopic (exact) mass is 661 g/mol. The van der Waals surface area contributed by atoms with E-state index in [1.807, 2.05) is 32.0 Å². The lowest BCUT2D eigenvalue weighted by Crippen LogP contribution is -1.84. The van der Waals surface area contributed by atoms with Crippen LogP contribution in [0.3, 0.4) is 0 Å². The number of rotatable bonds is 0. The molecule has 0 bridgehead atoms. The molecule has 0 atom stereocenters. The lowest BCUT2D eigenvalue weighted by molar-refractivity contribution is 0.534. The Morgan fingerprint density at radius 1 is 0.553 bits per heavy atom. The van der Waals surface area contributed by atoms with Crippen LogP contribution in [0.1, 0.15) is 38.5 Å². The molecule has 0 N–H and O–H groups in total. The maximum atomic E-state index is 4.83. The molecule has 0 saturated heterocycles. The van der Waals surface area contributed by atoms with Gasteiger partial charge in [0.1, 0.15) is 5.76 Å². The van der Waals surface area contributed by atoms with Crippen molar-refractivity contribution in [2.45, 2.75) is 48.5 Å². The van der Waals surface area contributed by atoms with E-state index < -0.39 is 0 Å². The van der Waals surface area contributed by atoms with Crippen LogP contribution in [0.25, 0.3) is 21.8 Å². The molecule has 8 aromatic rings. The highest BCUT2D eigenvalue weighted by Crippen LogP contribution is 2.27. The van der Waals surface area contributed by atoms with Gasteiger partial charge in [0, 0.05) is 33.7 Å². The molecule has 244 valence electrons. The topological polar surface area (TPSA) is 31.2 Å². The molecule has 0 aliphatic rings. The van der Waals surface area contributed by atoms with E-state index in [9.17, 15) is 0 Å². The van der Waals surface area contributed by atoms with Gasteiger partial charge in [0.2, 0.25) is 0 Å². The molecule has 0 aliphatic heterocycles. The minimum atomic E-state index is 0.968. The third kappa shape index (κ3) is 12.6. The molecule has 3 aromatic carbocycles. The Morgan fingerprint density at radius 3 is 1.49 bits per heavy atom. The first kappa shape index (κ1) is 36.9. The molecule has 0 aliphatic carbocycles. The number of hydrogen-bond donors (Lipinski definition) is 0. The van der Waals surface area contributed by atoms with E-state index in [4.69, 9.17) is 8.83 Å². The van der Waals surface area contributed by atoms with Crippen molar-refractivity contribution in [3.8, 4) is 0 Å². The molecule has 3 nitrogen and oxygen atoms in total. The van der Waals surface area contributed by atoms with E-state index >= 15 is 0 Å². The lowest BCUT2D eigenvalue weighted by atomic mass is 10.1. The normalized spacial score (nSPS) is 9.70. The summed E-state index contributed by atoms with van der Waals surface area (Å²) in [6.07, 6.45) is 5.03. The van der Waals surface area contributed by atoms with Gasteiger partial charge in [-0.1, -0.05) is 60.7 Å². The van der Waals surface area contributed by atoms with Gasteiger partial charge in [-0.25, -0.2) is 0 Å². The number of hydrogen-bond acceptors (Lipinski definition) is 4. The average molecular weight is 662 g/mol. The van der Waals surface area contributed by atoms with Crippen LogP contribution >= 0.6 is 22.7 Å². The number of fused-ring (bicyclic) bond motifs is 3. The van der Waals surface area contributed by atoms with Crippen molar-refractivity contribution in [1.82, 2.24) is 4.57 Å². The Labute approximate surface area is 288 Å². The number of benzene rings is 3. The van der Waals surface area contributed by atoms with Crippen molar-refractivity contribution in [3.63, 3.8) is 0 Å². The fourth-order valence-corrected chi connectivity index (χ4v) is 5.60. The quantitative estimate of drug-likeness (QED) is 0.162. The Morgan fingerprint density at radius 2 is 1.19 bits per heavy atom. The summed E-state index contributed by atoms with van der Waals surface area (Å²) in [5.41, 5.74) is 9.32. The van der Waals surface area contributed by atoms with Crippen LogP contribution in [0, 0.1) is 48.5 Å². The van der Waals surface area contributed by atoms with Gasteiger partial charge in [-0.05, 0) is 135 Å². The van der Waals surface area contributed by atoms with Crippen LogP contribution in [-0.4, -0.2) is 4.57 Å². The lowest BCUT2D eigenvalue weighted by Gasteiger charge is -2.00. The number of aromatic nitrogens is 1. The minimum Gasteiger partial charge on any atom is -0.472 e. The molecule has 8 rings (SSSR count). The summed E-state index contributed by atoms with van der Waals surface area (Å²) in [6.45, 7) is 14.5. The fraction of sp³-hybridized carbons (Fsp3) is 0.190. The van der Waals surface area contributed by atoms with Crippen molar-refractivity contribution in [2.75, 3.05) is 0 Å². The highest BCUT2D eigenvalue weighted by Gasteiger charge is 2.05. The molecule has 0 unspecified atom stereocenters. The second-order valence-corrected chi connectivity index (χ2v) is 13.1. The first-order chi connectivity index (χ1) is 22.7. The van der Waals surface area contributed by atoms with Crippen molar-refractivity contribution in [2.24, 2.45) is 7.05 Å². The second kappa shape index (κ2) is 19.8. The van der Waals surface area contributed by atoms with E-state index in [0.29, 0.717) is 0 Å². The minimum absolute atomic E-state index is 0.968. The van der Waals surface area contributed by atoms with Gasteiger partial charge < -0.3 is 13.4 Å². The van der Waals surface area contributed by atoms with Gasteiger partial charge in [-0.3, -0.25) is 0 Å². The molecule has 0 spiro atoms. The van der Waals surface area contributed by atoms with Gasteiger partial charge in [-0.2, -0.15) is 11.3 Å². The van der Waals surface area contributed by atoms with Crippen LogP contribution in [0.5, 0.6) is 0 Å². The highest BCUT2D eigenvalue weighted by molar-refractivity contribution is 7.09. The summed E-state index contributed by atoms with van der Waals surface area (Å²) >= 11 is 3.52. The number of aryl methyl sites for hydroxylation is 7. The molecular formula is C42H47NO2S2. The van der Waals surface area contributed by atoms with E-state index in [1.54, 1.807) is 41.5 Å². The third-order valence-corrected chi connectivity index (χ3v) is 8.95. The number of furan rings is 2. The van der Waals surface area contributed by atoms with Crippen LogP contribution in [-0.2, 0) is 7.05 Å². The fourth-order valence-electron chi connectivity index (χ4n) is 4.40. The molecule has 5 heterocycles. The summed E-state index contributed by atoms with van der Waals surface area (Å²) < 4.78 is 11.8. The number of thiophene rings is 2. The zero-order chi connectivity index (χ0) is 34.0. The molecule has 5 aromatic heterocycles. The van der Waals surface area contributed by atoms with E-state index in [2.05, 4.69) is 147 Å². The molecule has 0 radical (unpaired) electrons. The second-order valence-electron chi connectivity index (χ2n) is 11.2. The summed E-state index contributed by atoms with van der Waals surface area (Å²) in [4.78, 5) is 1.38. The molecule has 5 heteroatoms. The van der Waals surface area contributed by atoms with Gasteiger partial charge in [-0.15, -0.1) is 11.3 Å². The van der Waals surface area contributed by atoms with Crippen LogP contribution in [0.15, 0.2) is 147 Å². The number of para-hydroxylation sites is 2. The van der Waals surface area contributed by atoms with Crippen molar-refractivity contribution >= 4 is 44.5 Å². The smallest absolute Gasteiger partial charge is 0.100 e. The van der Waals surface area contributed by atoms with Crippen molar-refractivity contribution < 1.29 is 8.83 Å². The van der Waals surface area contributed by atoms with E-state index in [-0.39, 0.29) is 0 Å². The summed E-state index contributed by atoms with van der Waals surface area (Å²) in [7, 11) is 2.12. The first-order valence-corrected chi connectivity index (χ1v) is 17.4. The third-order valence-electron chi connectivity index (χ3n) is 7.35. The van der Waals surface area contributed by atoms with Gasteiger partial charge >= 0.3 is 0 Å². The molecule has 47 heavy (non-hydrogen) atoms. The molecule has 0 saturated carbocycles.